The number of ether oxygens (including phenoxy) is 2. The molecular weight excluding hydrogens is 352 g/mol. The predicted molar refractivity (Wildman–Crippen MR) is 114 cm³/mol. The fraction of sp³-hybridized carbons (Fsp3) is 0.478. The molecule has 2 aromatic rings. The van der Waals surface area contributed by atoms with Crippen molar-refractivity contribution >= 4 is 0 Å². The highest BCUT2D eigenvalue weighted by molar-refractivity contribution is 5.44. The zero-order valence-electron chi connectivity index (χ0n) is 18.0. The second-order valence-corrected chi connectivity index (χ2v) is 7.53. The van der Waals surface area contributed by atoms with Crippen LogP contribution in [0, 0.1) is 20.8 Å². The molecule has 2 rings (SSSR count). The number of rotatable bonds is 10. The molecule has 0 unspecified atom stereocenters. The van der Waals surface area contributed by atoms with Crippen molar-refractivity contribution in [1.29, 1.82) is 0 Å². The van der Waals surface area contributed by atoms with Crippen LogP contribution in [-0.4, -0.2) is 57.0 Å². The molecule has 0 radical (unpaired) electrons. The van der Waals surface area contributed by atoms with Crippen molar-refractivity contribution in [3.8, 4) is 11.5 Å². The lowest BCUT2D eigenvalue weighted by molar-refractivity contribution is 0.103. The number of nitrogens with zero attached hydrogens (tertiary/aromatic N) is 1. The minimum atomic E-state index is -0.571. The molecule has 0 saturated heterocycles. The Labute approximate surface area is 169 Å². The van der Waals surface area contributed by atoms with E-state index in [0.29, 0.717) is 6.54 Å². The number of methoxy groups -OCH3 is 1. The standard InChI is InChI=1S/C23H34N2O3/c1-16-7-8-17(2)23(18(16)3)28-15-20(26)13-24-14-22(25(4)5)19-9-11-21(27-6)12-10-19/h7-12,20,22,24,26H,13-15H2,1-6H3/t20-,22-/m0/s1. The summed E-state index contributed by atoms with van der Waals surface area (Å²) in [6.07, 6.45) is -0.571. The third-order valence-electron chi connectivity index (χ3n) is 5.14. The van der Waals surface area contributed by atoms with Gasteiger partial charge in [-0.15, -0.1) is 0 Å². The van der Waals surface area contributed by atoms with Crippen molar-refractivity contribution in [2.24, 2.45) is 0 Å². The minimum Gasteiger partial charge on any atom is -0.497 e. The SMILES string of the molecule is COc1ccc([C@H](CNC[C@H](O)COc2c(C)ccc(C)c2C)N(C)C)cc1. The number of aliphatic hydroxyl groups is 1. The predicted octanol–water partition coefficient (Wildman–Crippen LogP) is 3.25. The van der Waals surface area contributed by atoms with Gasteiger partial charge in [-0.05, 0) is 69.3 Å². The fourth-order valence-corrected chi connectivity index (χ4v) is 3.20. The van der Waals surface area contributed by atoms with Crippen LogP contribution in [0.3, 0.4) is 0 Å². The van der Waals surface area contributed by atoms with Gasteiger partial charge in [-0.1, -0.05) is 24.3 Å². The average Bonchev–Trinajstić information content (AvgIpc) is 2.68. The first kappa shape index (κ1) is 22.2. The summed E-state index contributed by atoms with van der Waals surface area (Å²) in [6.45, 7) is 7.64. The quantitative estimate of drug-likeness (QED) is 0.656. The van der Waals surface area contributed by atoms with Crippen LogP contribution in [0.2, 0.25) is 0 Å². The summed E-state index contributed by atoms with van der Waals surface area (Å²) < 4.78 is 11.1. The first-order valence-electron chi connectivity index (χ1n) is 9.72. The van der Waals surface area contributed by atoms with Gasteiger partial charge < -0.3 is 24.8 Å². The maximum atomic E-state index is 10.3. The van der Waals surface area contributed by atoms with Gasteiger partial charge >= 0.3 is 0 Å². The van der Waals surface area contributed by atoms with E-state index in [9.17, 15) is 5.11 Å². The maximum absolute atomic E-state index is 10.3. The molecule has 0 saturated carbocycles. The molecule has 0 aromatic heterocycles. The summed E-state index contributed by atoms with van der Waals surface area (Å²) in [6, 6.07) is 12.5. The van der Waals surface area contributed by atoms with Crippen LogP contribution in [0.25, 0.3) is 0 Å². The molecule has 2 N–H and O–H groups in total. The Kier molecular flexibility index (Phi) is 8.30. The topological polar surface area (TPSA) is 54.0 Å². The summed E-state index contributed by atoms with van der Waals surface area (Å²) in [5.74, 6) is 1.73. The Morgan fingerprint density at radius 3 is 2.21 bits per heavy atom. The van der Waals surface area contributed by atoms with Crippen molar-refractivity contribution < 1.29 is 14.6 Å². The number of likely N-dealkylation sites (N-methyl/N-ethyl adjacent to an activating group) is 1. The van der Waals surface area contributed by atoms with Gasteiger partial charge in [0, 0.05) is 19.1 Å². The molecule has 154 valence electrons. The van der Waals surface area contributed by atoms with Gasteiger partial charge in [-0.2, -0.15) is 0 Å². The second-order valence-electron chi connectivity index (χ2n) is 7.53. The zero-order valence-corrected chi connectivity index (χ0v) is 18.0. The minimum absolute atomic E-state index is 0.209. The normalized spacial score (nSPS) is 13.4. The maximum Gasteiger partial charge on any atom is 0.125 e. The van der Waals surface area contributed by atoms with Gasteiger partial charge in [0.05, 0.1) is 7.11 Å². The van der Waals surface area contributed by atoms with Crippen LogP contribution >= 0.6 is 0 Å². The Hall–Kier alpha value is -2.08. The largest absolute Gasteiger partial charge is 0.497 e. The van der Waals surface area contributed by atoms with Gasteiger partial charge in [-0.3, -0.25) is 0 Å². The average molecular weight is 387 g/mol. The number of benzene rings is 2. The second kappa shape index (κ2) is 10.5. The molecule has 0 aliphatic heterocycles. The van der Waals surface area contributed by atoms with E-state index in [1.54, 1.807) is 7.11 Å². The number of aliphatic hydroxyl groups excluding tert-OH is 1. The van der Waals surface area contributed by atoms with Crippen molar-refractivity contribution in [2.75, 3.05) is 40.9 Å². The summed E-state index contributed by atoms with van der Waals surface area (Å²) in [7, 11) is 5.78. The van der Waals surface area contributed by atoms with Crippen LogP contribution < -0.4 is 14.8 Å². The lowest BCUT2D eigenvalue weighted by atomic mass is 10.1. The molecular formula is C23H34N2O3. The Bertz CT molecular complexity index is 744. The lowest BCUT2D eigenvalue weighted by Gasteiger charge is -2.26. The zero-order chi connectivity index (χ0) is 20.7. The van der Waals surface area contributed by atoms with Crippen molar-refractivity contribution in [3.05, 3.63) is 58.7 Å². The highest BCUT2D eigenvalue weighted by Gasteiger charge is 2.15. The lowest BCUT2D eigenvalue weighted by Crippen LogP contribution is -2.37. The van der Waals surface area contributed by atoms with E-state index in [1.807, 2.05) is 19.1 Å². The van der Waals surface area contributed by atoms with Crippen LogP contribution in [0.4, 0.5) is 0 Å². The van der Waals surface area contributed by atoms with Crippen LogP contribution in [0.5, 0.6) is 11.5 Å². The molecule has 0 spiro atoms. The molecule has 0 fully saturated rings. The van der Waals surface area contributed by atoms with Crippen molar-refractivity contribution in [2.45, 2.75) is 32.9 Å². The van der Waals surface area contributed by atoms with E-state index in [0.717, 1.165) is 29.2 Å². The van der Waals surface area contributed by atoms with Gasteiger partial charge in [0.1, 0.15) is 24.2 Å². The van der Waals surface area contributed by atoms with E-state index < -0.39 is 6.10 Å². The molecule has 5 nitrogen and oxygen atoms in total. The number of hydrogen-bond donors (Lipinski definition) is 2. The highest BCUT2D eigenvalue weighted by Crippen LogP contribution is 2.26. The first-order valence-corrected chi connectivity index (χ1v) is 9.72. The molecule has 0 bridgehead atoms. The molecule has 2 aromatic carbocycles. The molecule has 28 heavy (non-hydrogen) atoms. The van der Waals surface area contributed by atoms with Gasteiger partial charge in [-0.25, -0.2) is 0 Å². The highest BCUT2D eigenvalue weighted by atomic mass is 16.5. The summed E-state index contributed by atoms with van der Waals surface area (Å²) in [5.41, 5.74) is 4.62. The summed E-state index contributed by atoms with van der Waals surface area (Å²) in [4.78, 5) is 2.16. The fourth-order valence-electron chi connectivity index (χ4n) is 3.20. The van der Waals surface area contributed by atoms with E-state index in [2.05, 4.69) is 62.4 Å². The van der Waals surface area contributed by atoms with E-state index in [4.69, 9.17) is 9.47 Å². The number of hydrogen-bond acceptors (Lipinski definition) is 5. The smallest absolute Gasteiger partial charge is 0.125 e. The Morgan fingerprint density at radius 1 is 0.964 bits per heavy atom. The van der Waals surface area contributed by atoms with Crippen molar-refractivity contribution in [3.63, 3.8) is 0 Å². The summed E-state index contributed by atoms with van der Waals surface area (Å²) >= 11 is 0. The van der Waals surface area contributed by atoms with Gasteiger partial charge in [0.2, 0.25) is 0 Å². The molecule has 0 heterocycles. The summed E-state index contributed by atoms with van der Waals surface area (Å²) in [5, 5.41) is 13.7. The molecule has 0 aliphatic carbocycles. The van der Waals surface area contributed by atoms with Crippen LogP contribution in [0.1, 0.15) is 28.3 Å². The number of aryl methyl sites for hydroxylation is 2. The molecule has 5 heteroatoms. The first-order chi connectivity index (χ1) is 13.3. The van der Waals surface area contributed by atoms with Crippen LogP contribution in [-0.2, 0) is 0 Å². The third kappa shape index (κ3) is 5.96. The van der Waals surface area contributed by atoms with Gasteiger partial charge in [0.25, 0.3) is 0 Å². The van der Waals surface area contributed by atoms with Crippen LogP contribution in [0.15, 0.2) is 36.4 Å². The van der Waals surface area contributed by atoms with Gasteiger partial charge in [0.15, 0.2) is 0 Å². The Balaban J connectivity index is 1.86. The van der Waals surface area contributed by atoms with E-state index in [-0.39, 0.29) is 12.6 Å². The number of nitrogens with one attached hydrogen (secondary N) is 1. The third-order valence-corrected chi connectivity index (χ3v) is 5.14. The monoisotopic (exact) mass is 386 g/mol. The van der Waals surface area contributed by atoms with E-state index in [1.165, 1.54) is 11.1 Å². The van der Waals surface area contributed by atoms with Crippen molar-refractivity contribution in [1.82, 2.24) is 10.2 Å². The van der Waals surface area contributed by atoms with E-state index >= 15 is 0 Å². The Morgan fingerprint density at radius 2 is 1.61 bits per heavy atom. The molecule has 0 aliphatic rings. The molecule has 0 amide bonds. The molecule has 2 atom stereocenters.